The van der Waals surface area contributed by atoms with E-state index in [1.165, 1.54) is 12.3 Å². The number of H-pyrrole nitrogens is 2. The average molecular weight is 305 g/mol. The summed E-state index contributed by atoms with van der Waals surface area (Å²) in [5, 5.41) is 5.86. The third-order valence-electron chi connectivity index (χ3n) is 2.33. The number of aromatic amines is 2. The molecule has 2 amide bonds. The zero-order chi connectivity index (χ0) is 15.9. The highest BCUT2D eigenvalue weighted by Gasteiger charge is 2.09. The van der Waals surface area contributed by atoms with Crippen molar-refractivity contribution in [3.8, 4) is 0 Å². The van der Waals surface area contributed by atoms with Gasteiger partial charge in [0.05, 0.1) is 24.7 Å². The van der Waals surface area contributed by atoms with Gasteiger partial charge in [0.15, 0.2) is 5.76 Å². The van der Waals surface area contributed by atoms with Crippen LogP contribution in [0.4, 0.5) is 0 Å². The molecular formula is C12H11N5O5. The predicted molar refractivity (Wildman–Crippen MR) is 74.5 cm³/mol. The van der Waals surface area contributed by atoms with Crippen LogP contribution in [0.5, 0.6) is 0 Å². The molecule has 2 aromatic heterocycles. The number of hydrogen-bond acceptors (Lipinski definition) is 6. The minimum atomic E-state index is -0.689. The third-order valence-corrected chi connectivity index (χ3v) is 2.33. The van der Waals surface area contributed by atoms with Crippen LogP contribution in [0.1, 0.15) is 16.2 Å². The molecule has 10 nitrogen and oxygen atoms in total. The Morgan fingerprint density at radius 3 is 2.82 bits per heavy atom. The predicted octanol–water partition coefficient (Wildman–Crippen LogP) is -1.46. The molecule has 0 aliphatic carbocycles. The van der Waals surface area contributed by atoms with Crippen LogP contribution in [0, 0.1) is 0 Å². The molecule has 0 saturated heterocycles. The average Bonchev–Trinajstić information content (AvgIpc) is 2.98. The molecule has 2 aromatic rings. The second-order valence-electron chi connectivity index (χ2n) is 4.00. The molecule has 2 rings (SSSR count). The van der Waals surface area contributed by atoms with Crippen molar-refractivity contribution in [1.29, 1.82) is 0 Å². The van der Waals surface area contributed by atoms with Gasteiger partial charge in [-0.1, -0.05) is 0 Å². The van der Waals surface area contributed by atoms with Gasteiger partial charge < -0.3 is 14.7 Å². The molecule has 114 valence electrons. The summed E-state index contributed by atoms with van der Waals surface area (Å²) >= 11 is 0. The first kappa shape index (κ1) is 15.0. The monoisotopic (exact) mass is 305 g/mol. The van der Waals surface area contributed by atoms with Crippen LogP contribution in [0.15, 0.2) is 43.6 Å². The summed E-state index contributed by atoms with van der Waals surface area (Å²) in [6, 6.07) is 4.09. The number of hydrazone groups is 1. The molecule has 0 unspecified atom stereocenters. The maximum atomic E-state index is 11.5. The number of hydrogen-bond donors (Lipinski definition) is 4. The van der Waals surface area contributed by atoms with Gasteiger partial charge in [0.2, 0.25) is 0 Å². The number of furan rings is 1. The Kier molecular flexibility index (Phi) is 4.65. The summed E-state index contributed by atoms with van der Waals surface area (Å²) in [5.41, 5.74) is 0.957. The van der Waals surface area contributed by atoms with Crippen LogP contribution in [0.3, 0.4) is 0 Å². The van der Waals surface area contributed by atoms with Crippen LogP contribution < -0.4 is 22.0 Å². The van der Waals surface area contributed by atoms with Gasteiger partial charge in [-0.05, 0) is 12.1 Å². The van der Waals surface area contributed by atoms with Crippen molar-refractivity contribution in [2.45, 2.75) is 0 Å². The Balaban J connectivity index is 1.82. The number of nitrogens with zero attached hydrogens (tertiary/aromatic N) is 1. The fraction of sp³-hybridized carbons (Fsp3) is 0.0833. The van der Waals surface area contributed by atoms with Crippen LogP contribution >= 0.6 is 0 Å². The molecule has 0 atom stereocenters. The lowest BCUT2D eigenvalue weighted by molar-refractivity contribution is -0.120. The van der Waals surface area contributed by atoms with Crippen molar-refractivity contribution in [1.82, 2.24) is 20.7 Å². The summed E-state index contributed by atoms with van der Waals surface area (Å²) in [5.74, 6) is -1.05. The van der Waals surface area contributed by atoms with E-state index in [0.717, 1.165) is 12.3 Å². The molecule has 2 heterocycles. The van der Waals surface area contributed by atoms with Gasteiger partial charge in [-0.3, -0.25) is 19.4 Å². The number of rotatable bonds is 5. The number of carbonyl (C=O) groups excluding carboxylic acids is 2. The Morgan fingerprint density at radius 2 is 2.14 bits per heavy atom. The lowest BCUT2D eigenvalue weighted by Gasteiger charge is -2.01. The maximum absolute atomic E-state index is 11.5. The van der Waals surface area contributed by atoms with Crippen LogP contribution in [-0.4, -0.2) is 34.5 Å². The largest absolute Gasteiger partial charge is 0.459 e. The van der Waals surface area contributed by atoms with E-state index in [0.29, 0.717) is 0 Å². The van der Waals surface area contributed by atoms with Crippen molar-refractivity contribution in [3.63, 3.8) is 0 Å². The second kappa shape index (κ2) is 6.83. The molecule has 0 bridgehead atoms. The lowest BCUT2D eigenvalue weighted by atomic mass is 10.4. The minimum Gasteiger partial charge on any atom is -0.459 e. The van der Waals surface area contributed by atoms with Crippen molar-refractivity contribution in [3.05, 3.63) is 56.8 Å². The number of carbonyl (C=O) groups is 2. The summed E-state index contributed by atoms with van der Waals surface area (Å²) in [4.78, 5) is 49.2. The van der Waals surface area contributed by atoms with E-state index in [1.54, 1.807) is 6.07 Å². The van der Waals surface area contributed by atoms with E-state index in [4.69, 9.17) is 4.42 Å². The second-order valence-corrected chi connectivity index (χ2v) is 4.00. The SMILES string of the molecule is O=C(CNC(=O)c1ccco1)N/N=C/c1cc(=O)[nH]c(=O)[nH]1. The minimum absolute atomic E-state index is 0.0809. The quantitative estimate of drug-likeness (QED) is 0.393. The summed E-state index contributed by atoms with van der Waals surface area (Å²) in [6.45, 7) is -0.317. The zero-order valence-corrected chi connectivity index (χ0v) is 11.1. The molecule has 0 radical (unpaired) electrons. The van der Waals surface area contributed by atoms with E-state index in [-0.39, 0.29) is 18.0 Å². The Hall–Kier alpha value is -3.43. The topological polar surface area (TPSA) is 149 Å². The smallest absolute Gasteiger partial charge is 0.326 e. The molecule has 0 fully saturated rings. The van der Waals surface area contributed by atoms with Gasteiger partial charge in [0.25, 0.3) is 17.4 Å². The van der Waals surface area contributed by atoms with Gasteiger partial charge in [-0.25, -0.2) is 10.2 Å². The Bertz CT molecular complexity index is 774. The van der Waals surface area contributed by atoms with E-state index >= 15 is 0 Å². The molecular weight excluding hydrogens is 294 g/mol. The van der Waals surface area contributed by atoms with Crippen LogP contribution in [0.25, 0.3) is 0 Å². The summed E-state index contributed by atoms with van der Waals surface area (Å²) < 4.78 is 4.85. The van der Waals surface area contributed by atoms with Crippen LogP contribution in [-0.2, 0) is 4.79 Å². The highest BCUT2D eigenvalue weighted by molar-refractivity contribution is 5.94. The molecule has 22 heavy (non-hydrogen) atoms. The molecule has 4 N–H and O–H groups in total. The number of aromatic nitrogens is 2. The highest BCUT2D eigenvalue weighted by Crippen LogP contribution is 1.98. The normalized spacial score (nSPS) is 10.5. The molecule has 0 aliphatic rings. The zero-order valence-electron chi connectivity index (χ0n) is 11.1. The molecule has 0 saturated carbocycles. The summed E-state index contributed by atoms with van der Waals surface area (Å²) in [6.07, 6.45) is 2.42. The fourth-order valence-corrected chi connectivity index (χ4v) is 1.43. The van der Waals surface area contributed by atoms with Gasteiger partial charge >= 0.3 is 5.69 Å². The van der Waals surface area contributed by atoms with Gasteiger partial charge in [0, 0.05) is 6.07 Å². The highest BCUT2D eigenvalue weighted by atomic mass is 16.3. The standard InChI is InChI=1S/C12H11N5O5/c18-9-4-7(15-12(21)16-9)5-14-17-10(19)6-13-11(20)8-2-1-3-22-8/h1-5H,6H2,(H,13,20)(H,17,19)(H2,15,16,18,21)/b14-5+. The van der Waals surface area contributed by atoms with E-state index in [2.05, 4.69) is 20.8 Å². The van der Waals surface area contributed by atoms with Crippen molar-refractivity contribution < 1.29 is 14.0 Å². The fourth-order valence-electron chi connectivity index (χ4n) is 1.43. The lowest BCUT2D eigenvalue weighted by Crippen LogP contribution is -2.34. The van der Waals surface area contributed by atoms with Crippen molar-refractivity contribution >= 4 is 18.0 Å². The van der Waals surface area contributed by atoms with Gasteiger partial charge in [0.1, 0.15) is 0 Å². The molecule has 0 aromatic carbocycles. The number of amides is 2. The van der Waals surface area contributed by atoms with E-state index in [9.17, 15) is 19.2 Å². The van der Waals surface area contributed by atoms with E-state index in [1.807, 2.05) is 4.98 Å². The van der Waals surface area contributed by atoms with Gasteiger partial charge in [-0.15, -0.1) is 0 Å². The Labute approximate surface area is 122 Å². The Morgan fingerprint density at radius 1 is 1.32 bits per heavy atom. The maximum Gasteiger partial charge on any atom is 0.326 e. The van der Waals surface area contributed by atoms with E-state index < -0.39 is 23.1 Å². The summed E-state index contributed by atoms with van der Waals surface area (Å²) in [7, 11) is 0. The first-order valence-electron chi connectivity index (χ1n) is 6.02. The molecule has 10 heteroatoms. The molecule has 0 aliphatic heterocycles. The molecule has 0 spiro atoms. The first-order chi connectivity index (χ1) is 10.5. The first-order valence-corrected chi connectivity index (χ1v) is 6.02. The van der Waals surface area contributed by atoms with Crippen molar-refractivity contribution in [2.24, 2.45) is 5.10 Å². The number of nitrogens with one attached hydrogen (secondary N) is 4. The van der Waals surface area contributed by atoms with Gasteiger partial charge in [-0.2, -0.15) is 5.10 Å². The van der Waals surface area contributed by atoms with Crippen molar-refractivity contribution in [2.75, 3.05) is 6.54 Å². The van der Waals surface area contributed by atoms with Crippen LogP contribution in [0.2, 0.25) is 0 Å². The third kappa shape index (κ3) is 4.30.